The highest BCUT2D eigenvalue weighted by atomic mass is 16.6. The number of ether oxygens (including phenoxy) is 1. The molecule has 1 saturated heterocycles. The minimum atomic E-state index is -1.42. The molecule has 1 aliphatic rings. The number of fused-ring (bicyclic) bond motifs is 1. The van der Waals surface area contributed by atoms with Crippen LogP contribution in [0.5, 0.6) is 0 Å². The van der Waals surface area contributed by atoms with Crippen molar-refractivity contribution in [2.24, 2.45) is 5.92 Å². The third-order valence-corrected chi connectivity index (χ3v) is 6.19. The van der Waals surface area contributed by atoms with Crippen LogP contribution in [-0.2, 0) is 23.4 Å². The van der Waals surface area contributed by atoms with E-state index in [9.17, 15) is 5.11 Å². The fraction of sp³-hybridized carbons (Fsp3) is 0.280. The Hall–Kier alpha value is -3.22. The number of benzene rings is 2. The molecule has 3 N–H and O–H groups in total. The normalized spacial score (nSPS) is 23.4. The standard InChI is InChI=1S/C25H26N4O2/c26-24-21-12-14-23(29(21)28-17-27-24)25(30)16-20(15-19-9-5-2-6-10-19)22(31-25)13-11-18-7-3-1-4-8-18/h1-10,12,14,17,20,22,30H,11,13,15-16H2,(H2,26,27,28). The molecule has 0 radical (unpaired) electrons. The van der Waals surface area contributed by atoms with Gasteiger partial charge in [-0.25, -0.2) is 9.50 Å². The van der Waals surface area contributed by atoms with E-state index in [2.05, 4.69) is 58.6 Å². The first-order valence-corrected chi connectivity index (χ1v) is 10.7. The van der Waals surface area contributed by atoms with E-state index in [0.29, 0.717) is 23.4 Å². The van der Waals surface area contributed by atoms with E-state index in [0.717, 1.165) is 19.3 Å². The van der Waals surface area contributed by atoms with Crippen LogP contribution in [0.1, 0.15) is 29.7 Å². The molecule has 0 saturated carbocycles. The maximum atomic E-state index is 11.6. The van der Waals surface area contributed by atoms with Gasteiger partial charge in [-0.2, -0.15) is 5.10 Å². The SMILES string of the molecule is Nc1ncnn2c(C3(O)CC(Cc4ccccc4)C(CCc4ccccc4)O3)ccc12. The van der Waals surface area contributed by atoms with Crippen LogP contribution < -0.4 is 5.73 Å². The van der Waals surface area contributed by atoms with Gasteiger partial charge >= 0.3 is 0 Å². The van der Waals surface area contributed by atoms with Crippen molar-refractivity contribution in [3.8, 4) is 0 Å². The fourth-order valence-corrected chi connectivity index (χ4v) is 4.66. The third kappa shape index (κ3) is 3.92. The molecule has 2 aromatic carbocycles. The lowest BCUT2D eigenvalue weighted by Crippen LogP contribution is -2.28. The van der Waals surface area contributed by atoms with Gasteiger partial charge in [-0.15, -0.1) is 0 Å². The summed E-state index contributed by atoms with van der Waals surface area (Å²) in [6.45, 7) is 0. The number of nitrogen functional groups attached to an aromatic ring is 1. The summed E-state index contributed by atoms with van der Waals surface area (Å²) in [7, 11) is 0. The number of anilines is 1. The van der Waals surface area contributed by atoms with Gasteiger partial charge in [-0.1, -0.05) is 60.7 Å². The first kappa shape index (κ1) is 19.7. The Morgan fingerprint density at radius 1 is 1.00 bits per heavy atom. The first-order chi connectivity index (χ1) is 15.1. The second-order valence-corrected chi connectivity index (χ2v) is 8.28. The Balaban J connectivity index is 1.44. The molecule has 0 spiro atoms. The molecule has 4 aromatic rings. The fourth-order valence-electron chi connectivity index (χ4n) is 4.66. The van der Waals surface area contributed by atoms with Crippen molar-refractivity contribution >= 4 is 11.3 Å². The molecule has 0 amide bonds. The lowest BCUT2D eigenvalue weighted by Gasteiger charge is -2.23. The van der Waals surface area contributed by atoms with E-state index in [4.69, 9.17) is 10.5 Å². The number of aliphatic hydroxyl groups is 1. The van der Waals surface area contributed by atoms with Crippen LogP contribution in [0.15, 0.2) is 79.1 Å². The molecule has 31 heavy (non-hydrogen) atoms. The molecule has 5 rings (SSSR count). The average Bonchev–Trinajstić information content (AvgIpc) is 3.37. The van der Waals surface area contributed by atoms with Gasteiger partial charge in [0, 0.05) is 6.42 Å². The second-order valence-electron chi connectivity index (χ2n) is 8.28. The van der Waals surface area contributed by atoms with Gasteiger partial charge in [-0.05, 0) is 48.4 Å². The van der Waals surface area contributed by atoms with Crippen molar-refractivity contribution in [1.82, 2.24) is 14.6 Å². The Morgan fingerprint density at radius 2 is 1.71 bits per heavy atom. The lowest BCUT2D eigenvalue weighted by atomic mass is 9.88. The predicted molar refractivity (Wildman–Crippen MR) is 119 cm³/mol. The Kier molecular flexibility index (Phi) is 5.18. The predicted octanol–water partition coefficient (Wildman–Crippen LogP) is 3.74. The van der Waals surface area contributed by atoms with Crippen LogP contribution in [0.3, 0.4) is 0 Å². The van der Waals surface area contributed by atoms with E-state index in [1.54, 1.807) is 4.52 Å². The van der Waals surface area contributed by atoms with Crippen molar-refractivity contribution in [3.63, 3.8) is 0 Å². The maximum Gasteiger partial charge on any atom is 0.210 e. The summed E-state index contributed by atoms with van der Waals surface area (Å²) in [4.78, 5) is 4.04. The van der Waals surface area contributed by atoms with Gasteiger partial charge < -0.3 is 15.6 Å². The van der Waals surface area contributed by atoms with Gasteiger partial charge in [0.1, 0.15) is 17.5 Å². The summed E-state index contributed by atoms with van der Waals surface area (Å²) in [5, 5.41) is 15.9. The van der Waals surface area contributed by atoms with Crippen LogP contribution in [0, 0.1) is 5.92 Å². The first-order valence-electron chi connectivity index (χ1n) is 10.7. The third-order valence-electron chi connectivity index (χ3n) is 6.19. The monoisotopic (exact) mass is 414 g/mol. The van der Waals surface area contributed by atoms with Gasteiger partial charge in [0.05, 0.1) is 6.10 Å². The number of rotatable bonds is 6. The van der Waals surface area contributed by atoms with Crippen LogP contribution in [0.25, 0.3) is 5.52 Å². The molecular weight excluding hydrogens is 388 g/mol. The van der Waals surface area contributed by atoms with Gasteiger partial charge in [-0.3, -0.25) is 0 Å². The summed E-state index contributed by atoms with van der Waals surface area (Å²) < 4.78 is 8.02. The lowest BCUT2D eigenvalue weighted by molar-refractivity contribution is -0.205. The molecule has 0 bridgehead atoms. The highest BCUT2D eigenvalue weighted by Gasteiger charge is 2.47. The molecule has 3 atom stereocenters. The van der Waals surface area contributed by atoms with Crippen molar-refractivity contribution in [2.75, 3.05) is 5.73 Å². The number of aromatic nitrogens is 3. The Bertz CT molecular complexity index is 1160. The molecule has 158 valence electrons. The Labute approximate surface area is 181 Å². The number of nitrogens with zero attached hydrogens (tertiary/aromatic N) is 3. The second kappa shape index (κ2) is 8.13. The highest BCUT2D eigenvalue weighted by molar-refractivity contribution is 5.65. The number of hydrogen-bond acceptors (Lipinski definition) is 5. The smallest absolute Gasteiger partial charge is 0.210 e. The Morgan fingerprint density at radius 3 is 2.45 bits per heavy atom. The average molecular weight is 415 g/mol. The van der Waals surface area contributed by atoms with Gasteiger partial charge in [0.25, 0.3) is 0 Å². The van der Waals surface area contributed by atoms with E-state index < -0.39 is 5.79 Å². The minimum Gasteiger partial charge on any atom is -0.382 e. The van der Waals surface area contributed by atoms with Gasteiger partial charge in [0.2, 0.25) is 5.79 Å². The summed E-state index contributed by atoms with van der Waals surface area (Å²) in [5.41, 5.74) is 9.77. The summed E-state index contributed by atoms with van der Waals surface area (Å²) >= 11 is 0. The van der Waals surface area contributed by atoms with Crippen molar-refractivity contribution in [2.45, 2.75) is 37.6 Å². The molecule has 3 heterocycles. The largest absolute Gasteiger partial charge is 0.382 e. The van der Waals surface area contributed by atoms with Crippen molar-refractivity contribution in [1.29, 1.82) is 0 Å². The minimum absolute atomic E-state index is 0.0739. The molecule has 1 aliphatic heterocycles. The molecule has 2 aromatic heterocycles. The van der Waals surface area contributed by atoms with Crippen LogP contribution in [0.4, 0.5) is 5.82 Å². The number of nitrogens with two attached hydrogens (primary N) is 1. The summed E-state index contributed by atoms with van der Waals surface area (Å²) in [6, 6.07) is 24.5. The van der Waals surface area contributed by atoms with Crippen LogP contribution in [-0.4, -0.2) is 25.8 Å². The number of aryl methyl sites for hydroxylation is 1. The van der Waals surface area contributed by atoms with Crippen LogP contribution in [0.2, 0.25) is 0 Å². The molecule has 6 nitrogen and oxygen atoms in total. The zero-order chi connectivity index (χ0) is 21.3. The van der Waals surface area contributed by atoms with Crippen LogP contribution >= 0.6 is 0 Å². The summed E-state index contributed by atoms with van der Waals surface area (Å²) in [5.74, 6) is -0.862. The zero-order valence-corrected chi connectivity index (χ0v) is 17.3. The van der Waals surface area contributed by atoms with E-state index in [1.165, 1.54) is 17.5 Å². The summed E-state index contributed by atoms with van der Waals surface area (Å²) in [6.07, 6.45) is 4.41. The van der Waals surface area contributed by atoms with E-state index in [-0.39, 0.29) is 12.0 Å². The molecule has 6 heteroatoms. The molecule has 0 aliphatic carbocycles. The highest BCUT2D eigenvalue weighted by Crippen LogP contribution is 2.44. The van der Waals surface area contributed by atoms with Crippen molar-refractivity contribution in [3.05, 3.63) is 95.9 Å². The molecule has 1 fully saturated rings. The number of hydrogen-bond donors (Lipinski definition) is 2. The van der Waals surface area contributed by atoms with E-state index in [1.807, 2.05) is 24.3 Å². The van der Waals surface area contributed by atoms with E-state index >= 15 is 0 Å². The zero-order valence-electron chi connectivity index (χ0n) is 17.3. The van der Waals surface area contributed by atoms with Crippen molar-refractivity contribution < 1.29 is 9.84 Å². The van der Waals surface area contributed by atoms with Gasteiger partial charge in [0.15, 0.2) is 5.82 Å². The molecule has 3 unspecified atom stereocenters. The topological polar surface area (TPSA) is 85.7 Å². The quantitative estimate of drug-likeness (QED) is 0.502. The molecular formula is C25H26N4O2. The maximum absolute atomic E-state index is 11.6.